The van der Waals surface area contributed by atoms with Gasteiger partial charge in [-0.05, 0) is 37.5 Å². The lowest BCUT2D eigenvalue weighted by molar-refractivity contribution is 0.426. The molecule has 0 aromatic carbocycles. The Labute approximate surface area is 64.3 Å². The lowest BCUT2D eigenvalue weighted by Crippen LogP contribution is -2.10. The SMILES string of the molecule is C[CH]C(C)C1C=CCCC1. The molecule has 0 aliphatic heterocycles. The zero-order chi connectivity index (χ0) is 7.40. The first-order chi connectivity index (χ1) is 4.84. The fourth-order valence-corrected chi connectivity index (χ4v) is 1.52. The lowest BCUT2D eigenvalue weighted by Gasteiger charge is -2.21. The van der Waals surface area contributed by atoms with Gasteiger partial charge >= 0.3 is 0 Å². The summed E-state index contributed by atoms with van der Waals surface area (Å²) in [6.07, 6.45) is 11.1. The molecule has 0 amide bonds. The number of hydrogen-bond donors (Lipinski definition) is 0. The summed E-state index contributed by atoms with van der Waals surface area (Å²) < 4.78 is 0. The average Bonchev–Trinajstić information content (AvgIpc) is 2.05. The Morgan fingerprint density at radius 3 is 2.90 bits per heavy atom. The normalized spacial score (nSPS) is 28.4. The summed E-state index contributed by atoms with van der Waals surface area (Å²) in [6, 6.07) is 0. The van der Waals surface area contributed by atoms with Crippen LogP contribution in [-0.4, -0.2) is 0 Å². The largest absolute Gasteiger partial charge is 0.0882 e. The van der Waals surface area contributed by atoms with Gasteiger partial charge in [0.15, 0.2) is 0 Å². The van der Waals surface area contributed by atoms with Crippen LogP contribution in [0.3, 0.4) is 0 Å². The van der Waals surface area contributed by atoms with Gasteiger partial charge in [0.1, 0.15) is 0 Å². The van der Waals surface area contributed by atoms with Crippen molar-refractivity contribution in [1.29, 1.82) is 0 Å². The maximum Gasteiger partial charge on any atom is -0.0205 e. The van der Waals surface area contributed by atoms with E-state index in [1.54, 1.807) is 0 Å². The van der Waals surface area contributed by atoms with E-state index >= 15 is 0 Å². The molecule has 1 radical (unpaired) electrons. The predicted octanol–water partition coefficient (Wildman–Crippen LogP) is 3.20. The molecule has 0 aromatic heterocycles. The average molecular weight is 137 g/mol. The maximum absolute atomic E-state index is 2.38. The first kappa shape index (κ1) is 7.84. The van der Waals surface area contributed by atoms with Gasteiger partial charge in [-0.15, -0.1) is 0 Å². The zero-order valence-corrected chi connectivity index (χ0v) is 7.01. The molecule has 0 nitrogen and oxygen atoms in total. The lowest BCUT2D eigenvalue weighted by atomic mass is 9.84. The first-order valence-corrected chi connectivity index (χ1v) is 4.30. The molecule has 57 valence electrons. The summed E-state index contributed by atoms with van der Waals surface area (Å²) in [5, 5.41) is 0. The van der Waals surface area contributed by atoms with Crippen LogP contribution < -0.4 is 0 Å². The Balaban J connectivity index is 2.38. The minimum atomic E-state index is 0.775. The van der Waals surface area contributed by atoms with Crippen molar-refractivity contribution in [2.75, 3.05) is 0 Å². The van der Waals surface area contributed by atoms with E-state index in [1.165, 1.54) is 19.3 Å². The van der Waals surface area contributed by atoms with Crippen molar-refractivity contribution < 1.29 is 0 Å². The van der Waals surface area contributed by atoms with Crippen molar-refractivity contribution in [2.45, 2.75) is 33.1 Å². The molecule has 0 heteroatoms. The van der Waals surface area contributed by atoms with E-state index in [-0.39, 0.29) is 0 Å². The molecule has 1 aliphatic carbocycles. The number of hydrogen-bond acceptors (Lipinski definition) is 0. The minimum Gasteiger partial charge on any atom is -0.0882 e. The molecule has 0 bridgehead atoms. The van der Waals surface area contributed by atoms with E-state index in [2.05, 4.69) is 32.4 Å². The van der Waals surface area contributed by atoms with Crippen molar-refractivity contribution in [2.24, 2.45) is 11.8 Å². The topological polar surface area (TPSA) is 0 Å². The highest BCUT2D eigenvalue weighted by Crippen LogP contribution is 2.25. The zero-order valence-electron chi connectivity index (χ0n) is 7.01. The van der Waals surface area contributed by atoms with Crippen LogP contribution in [0.1, 0.15) is 33.1 Å². The molecular weight excluding hydrogens is 120 g/mol. The highest BCUT2D eigenvalue weighted by molar-refractivity contribution is 4.96. The summed E-state index contributed by atoms with van der Waals surface area (Å²) in [6.45, 7) is 4.47. The molecule has 2 atom stereocenters. The Hall–Kier alpha value is -0.260. The van der Waals surface area contributed by atoms with Crippen LogP contribution in [0.5, 0.6) is 0 Å². The van der Waals surface area contributed by atoms with E-state index in [0.717, 1.165) is 11.8 Å². The molecule has 0 N–H and O–H groups in total. The van der Waals surface area contributed by atoms with Gasteiger partial charge in [-0.25, -0.2) is 0 Å². The van der Waals surface area contributed by atoms with Gasteiger partial charge in [0.25, 0.3) is 0 Å². The molecule has 10 heavy (non-hydrogen) atoms. The van der Waals surface area contributed by atoms with E-state index in [0.29, 0.717) is 0 Å². The first-order valence-electron chi connectivity index (χ1n) is 4.30. The van der Waals surface area contributed by atoms with Crippen molar-refractivity contribution in [3.8, 4) is 0 Å². The summed E-state index contributed by atoms with van der Waals surface area (Å²) in [5.41, 5.74) is 0. The molecule has 0 fully saturated rings. The molecule has 0 saturated heterocycles. The molecule has 0 spiro atoms. The molecular formula is C10H17. The smallest absolute Gasteiger partial charge is 0.0205 e. The quantitative estimate of drug-likeness (QED) is 0.513. The Bertz CT molecular complexity index is 113. The van der Waals surface area contributed by atoms with E-state index in [4.69, 9.17) is 0 Å². The molecule has 0 aromatic rings. The summed E-state index contributed by atoms with van der Waals surface area (Å²) in [7, 11) is 0. The maximum atomic E-state index is 2.38. The number of allylic oxidation sites excluding steroid dienone is 2. The molecule has 2 unspecified atom stereocenters. The van der Waals surface area contributed by atoms with Crippen molar-refractivity contribution in [3.05, 3.63) is 18.6 Å². The fraction of sp³-hybridized carbons (Fsp3) is 0.700. The number of rotatable bonds is 2. The molecule has 1 aliphatic rings. The van der Waals surface area contributed by atoms with Crippen LogP contribution in [0.2, 0.25) is 0 Å². The van der Waals surface area contributed by atoms with Gasteiger partial charge in [0.05, 0.1) is 0 Å². The monoisotopic (exact) mass is 137 g/mol. The van der Waals surface area contributed by atoms with Crippen LogP contribution in [0.15, 0.2) is 12.2 Å². The summed E-state index contributed by atoms with van der Waals surface area (Å²) >= 11 is 0. The molecule has 0 heterocycles. The highest BCUT2D eigenvalue weighted by atomic mass is 14.2. The van der Waals surface area contributed by atoms with Gasteiger partial charge in [-0.1, -0.05) is 26.0 Å². The fourth-order valence-electron chi connectivity index (χ4n) is 1.52. The van der Waals surface area contributed by atoms with Crippen molar-refractivity contribution >= 4 is 0 Å². The van der Waals surface area contributed by atoms with Gasteiger partial charge in [-0.2, -0.15) is 0 Å². The second-order valence-electron chi connectivity index (χ2n) is 3.22. The second-order valence-corrected chi connectivity index (χ2v) is 3.22. The third kappa shape index (κ3) is 1.86. The van der Waals surface area contributed by atoms with Gasteiger partial charge in [-0.3, -0.25) is 0 Å². The Kier molecular flexibility index (Phi) is 2.98. The van der Waals surface area contributed by atoms with Crippen LogP contribution in [-0.2, 0) is 0 Å². The van der Waals surface area contributed by atoms with E-state index in [9.17, 15) is 0 Å². The third-order valence-corrected chi connectivity index (χ3v) is 2.49. The predicted molar refractivity (Wildman–Crippen MR) is 45.6 cm³/mol. The van der Waals surface area contributed by atoms with Gasteiger partial charge in [0.2, 0.25) is 0 Å². The van der Waals surface area contributed by atoms with Crippen LogP contribution in [0.25, 0.3) is 0 Å². The Morgan fingerprint density at radius 2 is 2.40 bits per heavy atom. The molecule has 1 rings (SSSR count). The van der Waals surface area contributed by atoms with Crippen molar-refractivity contribution in [1.82, 2.24) is 0 Å². The van der Waals surface area contributed by atoms with Crippen LogP contribution in [0.4, 0.5) is 0 Å². The van der Waals surface area contributed by atoms with E-state index in [1.807, 2.05) is 0 Å². The minimum absolute atomic E-state index is 0.775. The van der Waals surface area contributed by atoms with Crippen molar-refractivity contribution in [3.63, 3.8) is 0 Å². The van der Waals surface area contributed by atoms with Crippen LogP contribution in [0, 0.1) is 18.3 Å². The van der Waals surface area contributed by atoms with Crippen LogP contribution >= 0.6 is 0 Å². The van der Waals surface area contributed by atoms with Gasteiger partial charge in [0, 0.05) is 0 Å². The summed E-state index contributed by atoms with van der Waals surface area (Å²) in [4.78, 5) is 0. The second kappa shape index (κ2) is 3.80. The van der Waals surface area contributed by atoms with Gasteiger partial charge < -0.3 is 0 Å². The summed E-state index contributed by atoms with van der Waals surface area (Å²) in [5.74, 6) is 1.61. The highest BCUT2D eigenvalue weighted by Gasteiger charge is 2.13. The standard InChI is InChI=1S/C10H17/c1-3-9(2)10-7-5-4-6-8-10/h3,5,7,9-10H,4,6,8H2,1-2H3. The Morgan fingerprint density at radius 1 is 1.60 bits per heavy atom. The van der Waals surface area contributed by atoms with E-state index < -0.39 is 0 Å². The third-order valence-electron chi connectivity index (χ3n) is 2.49. The molecule has 0 saturated carbocycles.